The van der Waals surface area contributed by atoms with Gasteiger partial charge in [-0.1, -0.05) is 121 Å². The number of hydrogen-bond acceptors (Lipinski definition) is 3. The summed E-state index contributed by atoms with van der Waals surface area (Å²) in [4.78, 5) is 13.5. The van der Waals surface area contributed by atoms with E-state index in [1.807, 2.05) is 42.5 Å². The summed E-state index contributed by atoms with van der Waals surface area (Å²) in [6.45, 7) is 0. The summed E-state index contributed by atoms with van der Waals surface area (Å²) < 4.78 is 0. The van der Waals surface area contributed by atoms with Gasteiger partial charge in [-0.3, -0.25) is 0 Å². The normalized spacial score (nSPS) is 11.0. The van der Waals surface area contributed by atoms with Crippen LogP contribution in [-0.2, 0) is 0 Å². The number of hydrogen-bond donors (Lipinski definition) is 0. The Bertz CT molecular complexity index is 1620. The minimum atomic E-state index is 0.176. The summed E-state index contributed by atoms with van der Waals surface area (Å²) in [7, 11) is 0. The third kappa shape index (κ3) is 4.30. The number of benzene rings is 5. The molecule has 4 heteroatoms. The van der Waals surface area contributed by atoms with Crippen LogP contribution in [0.5, 0.6) is 0 Å². The van der Waals surface area contributed by atoms with Crippen molar-refractivity contribution in [3.8, 4) is 45.0 Å². The van der Waals surface area contributed by atoms with E-state index in [0.717, 1.165) is 22.3 Å². The van der Waals surface area contributed by atoms with Crippen molar-refractivity contribution in [3.63, 3.8) is 0 Å². The van der Waals surface area contributed by atoms with Gasteiger partial charge < -0.3 is 0 Å². The maximum Gasteiger partial charge on any atom is 0.226 e. The van der Waals surface area contributed by atoms with Crippen LogP contribution in [0.2, 0.25) is 5.28 Å². The summed E-state index contributed by atoms with van der Waals surface area (Å²) in [6.07, 6.45) is 0. The van der Waals surface area contributed by atoms with Crippen molar-refractivity contribution in [3.05, 3.63) is 127 Å². The van der Waals surface area contributed by atoms with E-state index in [1.54, 1.807) is 0 Å². The van der Waals surface area contributed by atoms with Crippen LogP contribution < -0.4 is 0 Å². The molecule has 0 saturated carbocycles. The Morgan fingerprint density at radius 2 is 0.914 bits per heavy atom. The molecule has 0 amide bonds. The fraction of sp³-hybridized carbons (Fsp3) is 0. The van der Waals surface area contributed by atoms with Crippen LogP contribution >= 0.6 is 11.6 Å². The summed E-state index contributed by atoms with van der Waals surface area (Å²) in [5.41, 5.74) is 6.42. The molecule has 6 rings (SSSR count). The fourth-order valence-corrected chi connectivity index (χ4v) is 4.49. The van der Waals surface area contributed by atoms with Gasteiger partial charge >= 0.3 is 0 Å². The molecule has 0 N–H and O–H groups in total. The summed E-state index contributed by atoms with van der Waals surface area (Å²) in [6, 6.07) is 41.5. The molecule has 0 saturated heterocycles. The topological polar surface area (TPSA) is 38.7 Å². The van der Waals surface area contributed by atoms with Crippen LogP contribution in [0, 0.1) is 0 Å². The monoisotopic (exact) mass is 469 g/mol. The average Bonchev–Trinajstić information content (AvgIpc) is 2.93. The molecule has 5 aromatic carbocycles. The zero-order valence-electron chi connectivity index (χ0n) is 18.8. The van der Waals surface area contributed by atoms with Crippen molar-refractivity contribution in [2.75, 3.05) is 0 Å². The van der Waals surface area contributed by atoms with E-state index in [4.69, 9.17) is 16.6 Å². The molecule has 35 heavy (non-hydrogen) atoms. The Morgan fingerprint density at radius 3 is 1.60 bits per heavy atom. The number of halogens is 1. The Hall–Kier alpha value is -4.34. The molecule has 1 heterocycles. The first-order valence-electron chi connectivity index (χ1n) is 11.4. The highest BCUT2D eigenvalue weighted by Crippen LogP contribution is 2.31. The zero-order valence-corrected chi connectivity index (χ0v) is 19.5. The van der Waals surface area contributed by atoms with Crippen molar-refractivity contribution in [2.24, 2.45) is 0 Å². The van der Waals surface area contributed by atoms with Gasteiger partial charge in [0.25, 0.3) is 0 Å². The molecule has 0 spiro atoms. The third-order valence-corrected chi connectivity index (χ3v) is 6.27. The van der Waals surface area contributed by atoms with E-state index in [9.17, 15) is 0 Å². The summed E-state index contributed by atoms with van der Waals surface area (Å²) in [5, 5.41) is 2.63. The Morgan fingerprint density at radius 1 is 0.400 bits per heavy atom. The van der Waals surface area contributed by atoms with Crippen molar-refractivity contribution in [1.29, 1.82) is 0 Å². The fourth-order valence-electron chi connectivity index (χ4n) is 4.33. The molecule has 166 valence electrons. The van der Waals surface area contributed by atoms with E-state index in [1.165, 1.54) is 21.9 Å². The highest BCUT2D eigenvalue weighted by atomic mass is 35.5. The van der Waals surface area contributed by atoms with Gasteiger partial charge in [-0.15, -0.1) is 0 Å². The lowest BCUT2D eigenvalue weighted by Gasteiger charge is -2.09. The molecular weight excluding hydrogens is 450 g/mol. The Balaban J connectivity index is 1.33. The molecular formula is C31H20ClN3. The van der Waals surface area contributed by atoms with Crippen molar-refractivity contribution < 1.29 is 0 Å². The standard InChI is InChI=1S/C31H20ClN3/c32-31-34-29(25-17-13-22(14-18-25)21-7-2-1-3-8-21)33-30(35-31)26-19-15-24(16-20-26)28-12-6-10-23-9-4-5-11-27(23)28/h1-20H. The van der Waals surface area contributed by atoms with Gasteiger partial charge in [0.1, 0.15) is 0 Å². The van der Waals surface area contributed by atoms with Crippen LogP contribution in [0.15, 0.2) is 121 Å². The van der Waals surface area contributed by atoms with Crippen LogP contribution in [0.4, 0.5) is 0 Å². The molecule has 0 fully saturated rings. The maximum atomic E-state index is 6.31. The second-order valence-electron chi connectivity index (χ2n) is 8.30. The first-order chi connectivity index (χ1) is 17.2. The molecule has 6 aromatic rings. The second kappa shape index (κ2) is 9.13. The van der Waals surface area contributed by atoms with E-state index in [0.29, 0.717) is 11.6 Å². The lowest BCUT2D eigenvalue weighted by molar-refractivity contribution is 1.07. The predicted octanol–water partition coefficient (Wildman–Crippen LogP) is 8.35. The van der Waals surface area contributed by atoms with Gasteiger partial charge in [-0.25, -0.2) is 4.98 Å². The molecule has 0 bridgehead atoms. The molecule has 0 unspecified atom stereocenters. The third-order valence-electron chi connectivity index (χ3n) is 6.10. The lowest BCUT2D eigenvalue weighted by Crippen LogP contribution is -1.97. The summed E-state index contributed by atoms with van der Waals surface area (Å²) in [5.74, 6) is 1.11. The number of nitrogens with zero attached hydrogens (tertiary/aromatic N) is 3. The highest BCUT2D eigenvalue weighted by molar-refractivity contribution is 6.28. The number of aromatic nitrogens is 3. The van der Waals surface area contributed by atoms with Gasteiger partial charge in [0, 0.05) is 11.1 Å². The quantitative estimate of drug-likeness (QED) is 0.260. The molecule has 0 aliphatic rings. The van der Waals surface area contributed by atoms with E-state index in [2.05, 4.69) is 88.8 Å². The molecule has 0 aliphatic heterocycles. The van der Waals surface area contributed by atoms with Gasteiger partial charge in [-0.05, 0) is 44.6 Å². The van der Waals surface area contributed by atoms with Crippen LogP contribution in [-0.4, -0.2) is 15.0 Å². The number of rotatable bonds is 4. The van der Waals surface area contributed by atoms with Crippen LogP contribution in [0.3, 0.4) is 0 Å². The molecule has 0 radical (unpaired) electrons. The van der Waals surface area contributed by atoms with E-state index < -0.39 is 0 Å². The minimum absolute atomic E-state index is 0.176. The van der Waals surface area contributed by atoms with Crippen molar-refractivity contribution in [1.82, 2.24) is 15.0 Å². The van der Waals surface area contributed by atoms with Gasteiger partial charge in [0.15, 0.2) is 11.6 Å². The molecule has 0 aliphatic carbocycles. The van der Waals surface area contributed by atoms with Crippen molar-refractivity contribution in [2.45, 2.75) is 0 Å². The van der Waals surface area contributed by atoms with E-state index >= 15 is 0 Å². The lowest BCUT2D eigenvalue weighted by atomic mass is 9.97. The number of fused-ring (bicyclic) bond motifs is 1. The molecule has 1 aromatic heterocycles. The van der Waals surface area contributed by atoms with Crippen LogP contribution in [0.1, 0.15) is 0 Å². The molecule has 0 atom stereocenters. The Kier molecular flexibility index (Phi) is 5.53. The minimum Gasteiger partial charge on any atom is -0.208 e. The van der Waals surface area contributed by atoms with Crippen molar-refractivity contribution >= 4 is 22.4 Å². The van der Waals surface area contributed by atoms with Gasteiger partial charge in [-0.2, -0.15) is 9.97 Å². The average molecular weight is 470 g/mol. The van der Waals surface area contributed by atoms with Gasteiger partial charge in [0.05, 0.1) is 0 Å². The first-order valence-corrected chi connectivity index (χ1v) is 11.8. The summed E-state index contributed by atoms with van der Waals surface area (Å²) >= 11 is 6.31. The smallest absolute Gasteiger partial charge is 0.208 e. The largest absolute Gasteiger partial charge is 0.226 e. The maximum absolute atomic E-state index is 6.31. The highest BCUT2D eigenvalue weighted by Gasteiger charge is 2.11. The molecule has 3 nitrogen and oxygen atoms in total. The van der Waals surface area contributed by atoms with Gasteiger partial charge in [0.2, 0.25) is 5.28 Å². The predicted molar refractivity (Wildman–Crippen MR) is 144 cm³/mol. The SMILES string of the molecule is Clc1nc(-c2ccc(-c3ccccc3)cc2)nc(-c2ccc(-c3cccc4ccccc34)cc2)n1. The van der Waals surface area contributed by atoms with Crippen LogP contribution in [0.25, 0.3) is 55.8 Å². The second-order valence-corrected chi connectivity index (χ2v) is 8.64. The van der Waals surface area contributed by atoms with E-state index in [-0.39, 0.29) is 5.28 Å². The Labute approximate surface area is 208 Å². The zero-order chi connectivity index (χ0) is 23.6. The first kappa shape index (κ1) is 21.2.